The van der Waals surface area contributed by atoms with Crippen molar-refractivity contribution in [2.24, 2.45) is 13.0 Å². The molecule has 0 bridgehead atoms. The number of aromatic amines is 1. The van der Waals surface area contributed by atoms with Gasteiger partial charge in [-0.2, -0.15) is 0 Å². The molecule has 5 aromatic rings. The number of furan rings is 1. The van der Waals surface area contributed by atoms with E-state index in [9.17, 15) is 0 Å². The molecule has 0 saturated heterocycles. The van der Waals surface area contributed by atoms with Crippen LogP contribution >= 0.6 is 11.6 Å². The van der Waals surface area contributed by atoms with Crippen molar-refractivity contribution >= 4 is 33.5 Å². The molecule has 0 atom stereocenters. The van der Waals surface area contributed by atoms with Crippen LogP contribution < -0.4 is 4.74 Å². The third-order valence-electron chi connectivity index (χ3n) is 5.19. The molecule has 5 rings (SSSR count). The van der Waals surface area contributed by atoms with E-state index < -0.39 is 0 Å². The first-order valence-electron chi connectivity index (χ1n) is 10.3. The summed E-state index contributed by atoms with van der Waals surface area (Å²) in [6.07, 6.45) is 2.53. The molecule has 3 aromatic heterocycles. The van der Waals surface area contributed by atoms with Crippen LogP contribution in [0.3, 0.4) is 0 Å². The second kappa shape index (κ2) is 7.78. The summed E-state index contributed by atoms with van der Waals surface area (Å²) in [6, 6.07) is 13.6. The molecule has 0 aliphatic carbocycles. The highest BCUT2D eigenvalue weighted by Crippen LogP contribution is 2.29. The Hall–Kier alpha value is -3.25. The lowest BCUT2D eigenvalue weighted by Crippen LogP contribution is -2.06. The predicted molar refractivity (Wildman–Crippen MR) is 123 cm³/mol. The number of hydrogen-bond donors (Lipinski definition) is 1. The number of benzene rings is 2. The molecule has 2 aromatic carbocycles. The van der Waals surface area contributed by atoms with Gasteiger partial charge >= 0.3 is 0 Å². The fraction of sp³-hybridized carbons (Fsp3) is 0.250. The number of rotatable bonds is 6. The topological polar surface area (TPSA) is 68.9 Å². The Balaban J connectivity index is 1.43. The number of aryl methyl sites for hydroxylation is 1. The van der Waals surface area contributed by atoms with Gasteiger partial charge in [-0.15, -0.1) is 0 Å². The average Bonchev–Trinajstić information content (AvgIpc) is 3.44. The zero-order valence-electron chi connectivity index (χ0n) is 17.6. The molecule has 0 saturated carbocycles. The zero-order valence-corrected chi connectivity index (χ0v) is 18.4. The molecule has 0 unspecified atom stereocenters. The van der Waals surface area contributed by atoms with E-state index in [2.05, 4.69) is 28.9 Å². The Morgan fingerprint density at radius 2 is 1.90 bits per heavy atom. The van der Waals surface area contributed by atoms with Crippen molar-refractivity contribution in [1.29, 1.82) is 0 Å². The van der Waals surface area contributed by atoms with Crippen LogP contribution in [0.2, 0.25) is 5.02 Å². The number of fused-ring (bicyclic) bond motifs is 2. The van der Waals surface area contributed by atoms with Crippen LogP contribution in [0.1, 0.15) is 25.2 Å². The van der Waals surface area contributed by atoms with Crippen LogP contribution in [-0.2, 0) is 13.5 Å². The SMILES string of the molecule is CC(C)COc1ccc(Cl)cc1Cc1ccc(-c2nc3cc4c[nH]n(C)c4cc3n2)o1. The van der Waals surface area contributed by atoms with Crippen molar-refractivity contribution in [2.45, 2.75) is 20.3 Å². The maximum absolute atomic E-state index is 6.23. The van der Waals surface area contributed by atoms with Gasteiger partial charge in [0.05, 0.1) is 23.2 Å². The lowest BCUT2D eigenvalue weighted by Gasteiger charge is -2.13. The number of aromatic nitrogens is 4. The first-order chi connectivity index (χ1) is 15.0. The Bertz CT molecular complexity index is 1380. The fourth-order valence-electron chi connectivity index (χ4n) is 3.63. The van der Waals surface area contributed by atoms with Crippen molar-refractivity contribution < 1.29 is 9.15 Å². The third-order valence-corrected chi connectivity index (χ3v) is 5.43. The summed E-state index contributed by atoms with van der Waals surface area (Å²) < 4.78 is 14.0. The minimum absolute atomic E-state index is 0.442. The third kappa shape index (κ3) is 3.91. The summed E-state index contributed by atoms with van der Waals surface area (Å²) in [6.45, 7) is 4.90. The summed E-state index contributed by atoms with van der Waals surface area (Å²) in [5.74, 6) is 3.31. The van der Waals surface area contributed by atoms with Crippen molar-refractivity contribution in [1.82, 2.24) is 19.7 Å². The van der Waals surface area contributed by atoms with E-state index in [0.717, 1.165) is 39.0 Å². The predicted octanol–water partition coefficient (Wildman–Crippen LogP) is 5.99. The molecule has 0 amide bonds. The molecule has 1 N–H and O–H groups in total. The highest BCUT2D eigenvalue weighted by molar-refractivity contribution is 6.30. The maximum Gasteiger partial charge on any atom is 0.196 e. The van der Waals surface area contributed by atoms with E-state index in [4.69, 9.17) is 20.8 Å². The lowest BCUT2D eigenvalue weighted by molar-refractivity contribution is 0.268. The normalized spacial score (nSPS) is 11.8. The van der Waals surface area contributed by atoms with Gasteiger partial charge in [-0.05, 0) is 48.4 Å². The van der Waals surface area contributed by atoms with E-state index in [0.29, 0.717) is 35.6 Å². The summed E-state index contributed by atoms with van der Waals surface area (Å²) in [5, 5.41) is 4.93. The van der Waals surface area contributed by atoms with E-state index in [1.165, 1.54) is 0 Å². The highest BCUT2D eigenvalue weighted by atomic mass is 35.5. The molecule has 0 aliphatic rings. The number of ether oxygens (including phenoxy) is 1. The van der Waals surface area contributed by atoms with Gasteiger partial charge in [0.25, 0.3) is 0 Å². The minimum atomic E-state index is 0.442. The number of hydrogen-bond acceptors (Lipinski definition) is 4. The van der Waals surface area contributed by atoms with Gasteiger partial charge in [-0.25, -0.2) is 9.97 Å². The number of halogens is 1. The minimum Gasteiger partial charge on any atom is -0.493 e. The summed E-state index contributed by atoms with van der Waals surface area (Å²) in [4.78, 5) is 9.35. The van der Waals surface area contributed by atoms with E-state index in [-0.39, 0.29) is 0 Å². The number of imidazole rings is 1. The second-order valence-corrected chi connectivity index (χ2v) is 8.62. The first kappa shape index (κ1) is 19.7. The van der Waals surface area contributed by atoms with Crippen LogP contribution in [0.5, 0.6) is 5.75 Å². The molecule has 0 fully saturated rings. The fourth-order valence-corrected chi connectivity index (χ4v) is 3.83. The van der Waals surface area contributed by atoms with Gasteiger partial charge in [0.15, 0.2) is 11.6 Å². The maximum atomic E-state index is 6.23. The monoisotopic (exact) mass is 434 g/mol. The molecule has 0 radical (unpaired) electrons. The highest BCUT2D eigenvalue weighted by Gasteiger charge is 2.15. The van der Waals surface area contributed by atoms with Gasteiger partial charge in [-0.1, -0.05) is 25.4 Å². The summed E-state index contributed by atoms with van der Waals surface area (Å²) >= 11 is 6.23. The average molecular weight is 435 g/mol. The molecule has 0 spiro atoms. The van der Waals surface area contributed by atoms with Crippen LogP contribution in [-0.4, -0.2) is 26.4 Å². The first-order valence-corrected chi connectivity index (χ1v) is 10.7. The smallest absolute Gasteiger partial charge is 0.196 e. The summed E-state index contributed by atoms with van der Waals surface area (Å²) in [7, 11) is 1.97. The van der Waals surface area contributed by atoms with Crippen molar-refractivity contribution in [3.63, 3.8) is 0 Å². The second-order valence-electron chi connectivity index (χ2n) is 8.18. The van der Waals surface area contributed by atoms with Crippen LogP contribution in [0.25, 0.3) is 33.5 Å². The molecular formula is C24H23ClN4O2. The molecule has 31 heavy (non-hydrogen) atoms. The Morgan fingerprint density at radius 1 is 1.10 bits per heavy atom. The standard InChI is InChI=1S/C24H23ClN4O2/c1-14(2)13-30-22-6-4-17(25)8-15(22)9-18-5-7-23(31-18)24-27-19-10-16-12-26-29(3)21(16)11-20(19)28-24/h4-8,10-12,14,26H,9,13H2,1-3H3. The van der Waals surface area contributed by atoms with Gasteiger partial charge in [0.2, 0.25) is 0 Å². The quantitative estimate of drug-likeness (QED) is 0.356. The molecule has 3 heterocycles. The van der Waals surface area contributed by atoms with E-state index in [1.54, 1.807) is 0 Å². The summed E-state index contributed by atoms with van der Waals surface area (Å²) in [5.41, 5.74) is 3.76. The van der Waals surface area contributed by atoms with Crippen molar-refractivity contribution in [3.05, 3.63) is 65.0 Å². The molecule has 7 heteroatoms. The Labute approximate surface area is 184 Å². The van der Waals surface area contributed by atoms with E-state index in [1.807, 2.05) is 60.4 Å². The number of nitrogens with zero attached hydrogens (tertiary/aromatic N) is 3. The van der Waals surface area contributed by atoms with Gasteiger partial charge < -0.3 is 14.3 Å². The van der Waals surface area contributed by atoms with Crippen molar-refractivity contribution in [3.8, 4) is 17.3 Å². The van der Waals surface area contributed by atoms with Crippen LogP contribution in [0.4, 0.5) is 0 Å². The molecular weight excluding hydrogens is 412 g/mol. The van der Waals surface area contributed by atoms with Crippen molar-refractivity contribution in [2.75, 3.05) is 6.61 Å². The zero-order chi connectivity index (χ0) is 21.5. The molecule has 6 nitrogen and oxygen atoms in total. The Morgan fingerprint density at radius 3 is 2.71 bits per heavy atom. The lowest BCUT2D eigenvalue weighted by atomic mass is 10.1. The van der Waals surface area contributed by atoms with E-state index >= 15 is 0 Å². The Kier molecular flexibility index (Phi) is 4.94. The molecule has 158 valence electrons. The number of H-pyrrole nitrogens is 1. The molecule has 0 aliphatic heterocycles. The number of nitrogens with one attached hydrogen (secondary N) is 1. The van der Waals surface area contributed by atoms with Crippen LogP contribution in [0.15, 0.2) is 53.1 Å². The van der Waals surface area contributed by atoms with Crippen LogP contribution in [0, 0.1) is 5.92 Å². The van der Waals surface area contributed by atoms with Gasteiger partial charge in [0.1, 0.15) is 11.5 Å². The largest absolute Gasteiger partial charge is 0.493 e. The van der Waals surface area contributed by atoms with Gasteiger partial charge in [0, 0.05) is 35.6 Å². The van der Waals surface area contributed by atoms with Gasteiger partial charge in [-0.3, -0.25) is 4.68 Å².